The first kappa shape index (κ1) is 60.2. The zero-order chi connectivity index (χ0) is 54.3. The fourth-order valence-electron chi connectivity index (χ4n) is 8.99. The van der Waals surface area contributed by atoms with Crippen molar-refractivity contribution in [3.05, 3.63) is 54.2 Å². The van der Waals surface area contributed by atoms with E-state index < -0.39 is 89.7 Å². The molecule has 22 nitrogen and oxygen atoms in total. The van der Waals surface area contributed by atoms with Gasteiger partial charge in [0.05, 0.1) is 12.4 Å². The van der Waals surface area contributed by atoms with Crippen molar-refractivity contribution in [1.82, 2.24) is 57.5 Å². The van der Waals surface area contributed by atoms with E-state index in [1.54, 1.807) is 6.20 Å². The summed E-state index contributed by atoms with van der Waals surface area (Å²) in [6.45, 7) is 12.4. The van der Waals surface area contributed by atoms with Gasteiger partial charge in [0.15, 0.2) is 0 Å². The number of para-hydroxylation sites is 1. The number of carboxylic acid groups (broad SMARTS) is 1. The van der Waals surface area contributed by atoms with Crippen molar-refractivity contribution in [1.29, 1.82) is 0 Å². The van der Waals surface area contributed by atoms with Gasteiger partial charge in [-0.15, -0.1) is 0 Å². The maximum atomic E-state index is 14.4. The maximum absolute atomic E-state index is 14.4. The highest BCUT2D eigenvalue weighted by Gasteiger charge is 2.36. The minimum atomic E-state index is -1.26. The van der Waals surface area contributed by atoms with Crippen molar-refractivity contribution in [2.45, 2.75) is 173 Å². The Labute approximate surface area is 434 Å². The Hall–Kier alpha value is -6.39. The zero-order valence-corrected chi connectivity index (χ0v) is 44.0. The van der Waals surface area contributed by atoms with Crippen molar-refractivity contribution < 1.29 is 43.5 Å². The van der Waals surface area contributed by atoms with Gasteiger partial charge in [0.25, 0.3) is 0 Å². The highest BCUT2D eigenvalue weighted by molar-refractivity contribution is 5.98. The number of nitrogens with zero attached hydrogens (tertiary/aromatic N) is 1. The molecule has 3 heterocycles. The van der Waals surface area contributed by atoms with Gasteiger partial charge in [0.1, 0.15) is 42.3 Å². The summed E-state index contributed by atoms with van der Waals surface area (Å²) in [7, 11) is 0. The number of benzene rings is 1. The Bertz CT molecular complexity index is 2280. The van der Waals surface area contributed by atoms with Crippen LogP contribution in [0.1, 0.15) is 123 Å². The second kappa shape index (κ2) is 30.7. The number of nitrogens with one attached hydrogen (secondary N) is 10. The van der Waals surface area contributed by atoms with E-state index in [1.807, 2.05) is 65.8 Å². The smallest absolute Gasteiger partial charge is 0.326 e. The molecule has 8 atom stereocenters. The molecule has 0 saturated carbocycles. The third-order valence-electron chi connectivity index (χ3n) is 12.9. The van der Waals surface area contributed by atoms with E-state index in [1.165, 1.54) is 12.5 Å². The van der Waals surface area contributed by atoms with Crippen molar-refractivity contribution in [2.75, 3.05) is 19.6 Å². The van der Waals surface area contributed by atoms with E-state index in [9.17, 15) is 43.5 Å². The van der Waals surface area contributed by atoms with Crippen molar-refractivity contribution >= 4 is 58.2 Å². The van der Waals surface area contributed by atoms with Gasteiger partial charge < -0.3 is 69.1 Å². The highest BCUT2D eigenvalue weighted by atomic mass is 16.4. The molecule has 1 fully saturated rings. The molecule has 1 aromatic carbocycles. The third-order valence-corrected chi connectivity index (χ3v) is 12.9. The zero-order valence-electron chi connectivity index (χ0n) is 44.0. The molecule has 4 rings (SSSR count). The van der Waals surface area contributed by atoms with Crippen LogP contribution in [0.3, 0.4) is 0 Å². The molecule has 22 heteroatoms. The van der Waals surface area contributed by atoms with E-state index in [2.05, 4.69) is 57.5 Å². The lowest BCUT2D eigenvalue weighted by molar-refractivity contribution is -0.142. The number of carboxylic acids is 1. The first-order chi connectivity index (χ1) is 35.3. The third kappa shape index (κ3) is 19.8. The van der Waals surface area contributed by atoms with Gasteiger partial charge in [0, 0.05) is 41.8 Å². The summed E-state index contributed by atoms with van der Waals surface area (Å²) >= 11 is 0. The molecule has 74 heavy (non-hydrogen) atoms. The van der Waals surface area contributed by atoms with E-state index in [0.717, 1.165) is 22.9 Å². The molecule has 0 aliphatic carbocycles. The van der Waals surface area contributed by atoms with Crippen LogP contribution in [0.2, 0.25) is 0 Å². The van der Waals surface area contributed by atoms with Gasteiger partial charge >= 0.3 is 5.97 Å². The fraction of sp³-hybridized carbons (Fsp3) is 0.635. The number of hydrogen-bond donors (Lipinski definition) is 13. The second-order valence-corrected chi connectivity index (χ2v) is 20.7. The van der Waals surface area contributed by atoms with E-state index in [4.69, 9.17) is 11.5 Å². The van der Waals surface area contributed by atoms with Crippen LogP contribution in [0.15, 0.2) is 43.0 Å². The summed E-state index contributed by atoms with van der Waals surface area (Å²) < 4.78 is 0. The number of aliphatic carboxylic acids is 1. The first-order valence-electron chi connectivity index (χ1n) is 26.3. The number of carbonyl (C=O) groups excluding carboxylic acids is 7. The number of aromatic nitrogens is 3. The van der Waals surface area contributed by atoms with Crippen LogP contribution in [-0.2, 0) is 51.2 Å². The lowest BCUT2D eigenvalue weighted by atomic mass is 9.99. The summed E-state index contributed by atoms with van der Waals surface area (Å²) in [5.74, 6) is -5.90. The van der Waals surface area contributed by atoms with Crippen molar-refractivity contribution in [3.63, 3.8) is 0 Å². The van der Waals surface area contributed by atoms with Gasteiger partial charge in [0.2, 0.25) is 41.4 Å². The molecular weight excluding hydrogens is 951 g/mol. The quantitative estimate of drug-likeness (QED) is 0.0383. The topological polar surface area (TPSA) is 350 Å². The lowest BCUT2D eigenvalue weighted by Crippen LogP contribution is -2.60. The Balaban J connectivity index is 1.56. The molecule has 0 radical (unpaired) electrons. The lowest BCUT2D eigenvalue weighted by Gasteiger charge is -2.29. The van der Waals surface area contributed by atoms with Crippen LogP contribution in [0.25, 0.3) is 10.9 Å². The molecule has 3 aromatic rings. The molecule has 2 aromatic heterocycles. The SMILES string of the molecule is CC(C)C[C@H](NC(=O)[C@H](Cc1cnc[nH]1)NC(=O)[C@H](CC(C)C)NC(=O)[C@H](CCCCN)NC(=O)[C@H](CC(C)C)NC(=O)[C@H](CCCCN)NC(=O)[C@H](Cc1c[nH]c2ccccc12)NC(=O)[C@@H]1CCCN1)C(=O)O. The van der Waals surface area contributed by atoms with Crippen molar-refractivity contribution in [2.24, 2.45) is 29.2 Å². The molecule has 0 bridgehead atoms. The molecule has 0 unspecified atom stereocenters. The Morgan fingerprint density at radius 1 is 0.608 bits per heavy atom. The van der Waals surface area contributed by atoms with Crippen LogP contribution >= 0.6 is 0 Å². The predicted octanol–water partition coefficient (Wildman–Crippen LogP) is 1.30. The number of H-pyrrole nitrogens is 2. The number of carbonyl (C=O) groups is 8. The number of amides is 7. The van der Waals surface area contributed by atoms with Gasteiger partial charge in [-0.3, -0.25) is 33.6 Å². The largest absolute Gasteiger partial charge is 0.480 e. The highest BCUT2D eigenvalue weighted by Crippen LogP contribution is 2.20. The van der Waals surface area contributed by atoms with E-state index in [-0.39, 0.29) is 68.6 Å². The average molecular weight is 1030 g/mol. The number of unbranched alkanes of at least 4 members (excludes halogenated alkanes) is 2. The molecule has 7 amide bonds. The summed E-state index contributed by atoms with van der Waals surface area (Å²) in [4.78, 5) is 121. The number of rotatable bonds is 33. The standard InChI is InChI=1S/C52H83N13O9/c1-30(2)22-40(61-47(68)39(17-10-12-20-54)60-50(71)42(63-45(66)37-18-13-21-56-37)25-33-27-57-36-15-8-7-14-35(33)36)48(69)59-38(16-9-11-19-53)46(67)62-41(23-31(3)4)49(70)64-43(26-34-28-55-29-58-34)51(72)65-44(52(73)74)24-32(5)6/h7-8,14-15,27-32,37-44,56-57H,9-13,16-26,53-54H2,1-6H3,(H,55,58)(H,59,69)(H,60,71)(H,61,68)(H,62,67)(H,63,66)(H,64,70)(H,65,72)(H,73,74)/t37-,38-,39-,40-,41-,42-,43-,44-/m0/s1. The number of imidazole rings is 1. The Morgan fingerprint density at radius 2 is 1.08 bits per heavy atom. The monoisotopic (exact) mass is 1030 g/mol. The summed E-state index contributed by atoms with van der Waals surface area (Å²) in [5, 5.41) is 33.5. The van der Waals surface area contributed by atoms with Crippen LogP contribution in [0, 0.1) is 17.8 Å². The Kier molecular flexibility index (Phi) is 25.0. The first-order valence-corrected chi connectivity index (χ1v) is 26.3. The predicted molar refractivity (Wildman–Crippen MR) is 281 cm³/mol. The summed E-state index contributed by atoms with van der Waals surface area (Å²) in [5.41, 5.74) is 13.8. The number of fused-ring (bicyclic) bond motifs is 1. The minimum absolute atomic E-state index is 0.0601. The van der Waals surface area contributed by atoms with Crippen molar-refractivity contribution in [3.8, 4) is 0 Å². The Morgan fingerprint density at radius 3 is 1.57 bits per heavy atom. The van der Waals surface area contributed by atoms with Crippen LogP contribution in [0.5, 0.6) is 0 Å². The number of nitrogens with two attached hydrogens (primary N) is 2. The summed E-state index contributed by atoms with van der Waals surface area (Å²) in [6.07, 6.45) is 8.87. The van der Waals surface area contributed by atoms with E-state index in [0.29, 0.717) is 57.4 Å². The molecule has 1 aliphatic heterocycles. The molecule has 1 saturated heterocycles. The summed E-state index contributed by atoms with van der Waals surface area (Å²) in [6, 6.07) is -1.08. The molecule has 410 valence electrons. The number of hydrogen-bond acceptors (Lipinski definition) is 12. The maximum Gasteiger partial charge on any atom is 0.326 e. The second-order valence-electron chi connectivity index (χ2n) is 20.7. The van der Waals surface area contributed by atoms with Gasteiger partial charge in [-0.25, -0.2) is 9.78 Å². The fourth-order valence-corrected chi connectivity index (χ4v) is 8.99. The molecule has 1 aliphatic rings. The normalized spacial score (nSPS) is 16.4. The van der Waals surface area contributed by atoms with Gasteiger partial charge in [-0.05, 0) is 120 Å². The molecular formula is C52H83N13O9. The van der Waals surface area contributed by atoms with Gasteiger partial charge in [-0.2, -0.15) is 0 Å². The molecule has 15 N–H and O–H groups in total. The average Bonchev–Trinajstić information content (AvgIpc) is 4.16. The van der Waals surface area contributed by atoms with Gasteiger partial charge in [-0.1, -0.05) is 59.7 Å². The van der Waals surface area contributed by atoms with E-state index >= 15 is 0 Å². The number of aromatic amines is 2. The molecule has 0 spiro atoms. The minimum Gasteiger partial charge on any atom is -0.480 e. The van der Waals surface area contributed by atoms with Crippen LogP contribution in [0.4, 0.5) is 0 Å². The van der Waals surface area contributed by atoms with Crippen LogP contribution < -0.4 is 54.0 Å². The van der Waals surface area contributed by atoms with Crippen LogP contribution in [-0.4, -0.2) is 135 Å².